The molecule has 2 rings (SSSR count). The largest absolute Gasteiger partial charge is 0.452 e. The number of aliphatic hydroxyl groups excluding tert-OH is 1. The molecule has 1 aliphatic rings. The van der Waals surface area contributed by atoms with E-state index in [1.54, 1.807) is 12.1 Å². The highest BCUT2D eigenvalue weighted by molar-refractivity contribution is 9.10. The summed E-state index contributed by atoms with van der Waals surface area (Å²) in [5.74, 6) is 0.490. The van der Waals surface area contributed by atoms with E-state index in [-0.39, 0.29) is 0 Å². The maximum atomic E-state index is 10.5. The smallest absolute Gasteiger partial charge is 0.169 e. The van der Waals surface area contributed by atoms with E-state index in [9.17, 15) is 10.4 Å². The van der Waals surface area contributed by atoms with Gasteiger partial charge in [0.05, 0.1) is 11.5 Å². The monoisotopic (exact) mass is 311 g/mol. The molecule has 0 aliphatic heterocycles. The second kappa shape index (κ2) is 5.90. The molecular formula is C14H18BrNO2. The number of nitriles is 1. The Labute approximate surface area is 116 Å². The summed E-state index contributed by atoms with van der Waals surface area (Å²) in [7, 11) is 0. The number of furan rings is 1. The molecule has 1 N–H and O–H groups in total. The molecule has 98 valence electrons. The predicted octanol–water partition coefficient (Wildman–Crippen LogP) is 4.33. The summed E-state index contributed by atoms with van der Waals surface area (Å²) >= 11 is 3.23. The molecule has 0 amide bonds. The molecular weight excluding hydrogens is 294 g/mol. The standard InChI is InChI=1S/C14H18BrNO2/c15-12-7-6-11(18-12)13(17)14(10-16)8-4-2-1-3-5-9-14/h6-7,13,17H,1-5,8-9H2. The summed E-state index contributed by atoms with van der Waals surface area (Å²) in [5, 5.41) is 20.0. The van der Waals surface area contributed by atoms with Crippen LogP contribution in [-0.4, -0.2) is 5.11 Å². The number of hydrogen-bond acceptors (Lipinski definition) is 3. The summed E-state index contributed by atoms with van der Waals surface area (Å²) in [6.07, 6.45) is 6.23. The fourth-order valence-corrected chi connectivity index (χ4v) is 3.05. The first-order valence-corrected chi connectivity index (χ1v) is 7.32. The first-order valence-electron chi connectivity index (χ1n) is 6.52. The van der Waals surface area contributed by atoms with Crippen LogP contribution in [0.2, 0.25) is 0 Å². The summed E-state index contributed by atoms with van der Waals surface area (Å²) in [4.78, 5) is 0. The lowest BCUT2D eigenvalue weighted by molar-refractivity contribution is 0.0259. The van der Waals surface area contributed by atoms with Gasteiger partial charge in [-0.3, -0.25) is 0 Å². The van der Waals surface area contributed by atoms with E-state index in [4.69, 9.17) is 4.42 Å². The molecule has 18 heavy (non-hydrogen) atoms. The van der Waals surface area contributed by atoms with E-state index in [0.717, 1.165) is 38.5 Å². The molecule has 1 aliphatic carbocycles. The van der Waals surface area contributed by atoms with E-state index in [1.807, 2.05) is 0 Å². The summed E-state index contributed by atoms with van der Waals surface area (Å²) in [5.41, 5.74) is -0.683. The highest BCUT2D eigenvalue weighted by Crippen LogP contribution is 2.44. The zero-order valence-corrected chi connectivity index (χ0v) is 11.9. The molecule has 1 aromatic heterocycles. The maximum absolute atomic E-state index is 10.5. The first kappa shape index (κ1) is 13.6. The molecule has 1 aromatic rings. The average molecular weight is 312 g/mol. The highest BCUT2D eigenvalue weighted by atomic mass is 79.9. The van der Waals surface area contributed by atoms with Gasteiger partial charge < -0.3 is 9.52 Å². The number of hydrogen-bond donors (Lipinski definition) is 1. The van der Waals surface area contributed by atoms with Crippen molar-refractivity contribution < 1.29 is 9.52 Å². The zero-order chi connectivity index (χ0) is 13.0. The van der Waals surface area contributed by atoms with Crippen molar-refractivity contribution in [2.45, 2.75) is 51.0 Å². The molecule has 0 aromatic carbocycles. The Bertz CT molecular complexity index is 427. The van der Waals surface area contributed by atoms with E-state index >= 15 is 0 Å². The van der Waals surface area contributed by atoms with Gasteiger partial charge in [-0.25, -0.2) is 0 Å². The van der Waals surface area contributed by atoms with Crippen LogP contribution in [0.4, 0.5) is 0 Å². The Morgan fingerprint density at radius 1 is 1.22 bits per heavy atom. The molecule has 1 saturated carbocycles. The molecule has 1 heterocycles. The summed E-state index contributed by atoms with van der Waals surface area (Å²) in [6.45, 7) is 0. The van der Waals surface area contributed by atoms with Gasteiger partial charge in [-0.05, 0) is 40.9 Å². The van der Waals surface area contributed by atoms with E-state index in [1.165, 1.54) is 6.42 Å². The fraction of sp³-hybridized carbons (Fsp3) is 0.643. The molecule has 0 spiro atoms. The fourth-order valence-electron chi connectivity index (χ4n) is 2.73. The van der Waals surface area contributed by atoms with Crippen LogP contribution in [0, 0.1) is 16.7 Å². The molecule has 3 nitrogen and oxygen atoms in total. The Hall–Kier alpha value is -0.790. The Morgan fingerprint density at radius 2 is 1.83 bits per heavy atom. The van der Waals surface area contributed by atoms with Crippen LogP contribution in [0.1, 0.15) is 56.8 Å². The van der Waals surface area contributed by atoms with Gasteiger partial charge in [-0.15, -0.1) is 0 Å². The maximum Gasteiger partial charge on any atom is 0.169 e. The van der Waals surface area contributed by atoms with Crippen molar-refractivity contribution in [1.29, 1.82) is 5.26 Å². The van der Waals surface area contributed by atoms with Crippen LogP contribution in [0.25, 0.3) is 0 Å². The van der Waals surface area contributed by atoms with Crippen molar-refractivity contribution in [3.63, 3.8) is 0 Å². The van der Waals surface area contributed by atoms with Crippen LogP contribution in [0.3, 0.4) is 0 Å². The minimum absolute atomic E-state index is 0.490. The van der Waals surface area contributed by atoms with E-state index in [0.29, 0.717) is 10.4 Å². The Kier molecular flexibility index (Phi) is 4.47. The molecule has 1 fully saturated rings. The predicted molar refractivity (Wildman–Crippen MR) is 71.7 cm³/mol. The summed E-state index contributed by atoms with van der Waals surface area (Å²) in [6, 6.07) is 5.87. The van der Waals surface area contributed by atoms with E-state index in [2.05, 4.69) is 22.0 Å². The van der Waals surface area contributed by atoms with Gasteiger partial charge in [0.1, 0.15) is 11.9 Å². The zero-order valence-electron chi connectivity index (χ0n) is 10.4. The average Bonchev–Trinajstić information content (AvgIpc) is 2.76. The lowest BCUT2D eigenvalue weighted by Gasteiger charge is -2.32. The van der Waals surface area contributed by atoms with Crippen molar-refractivity contribution in [3.05, 3.63) is 22.6 Å². The number of halogens is 1. The Balaban J connectivity index is 2.21. The third kappa shape index (κ3) is 2.78. The van der Waals surface area contributed by atoms with E-state index < -0.39 is 11.5 Å². The molecule has 0 saturated heterocycles. The molecule has 0 bridgehead atoms. The minimum Gasteiger partial charge on any atom is -0.452 e. The van der Waals surface area contributed by atoms with Gasteiger partial charge in [-0.1, -0.05) is 32.1 Å². The highest BCUT2D eigenvalue weighted by Gasteiger charge is 2.40. The van der Waals surface area contributed by atoms with Crippen molar-refractivity contribution in [2.24, 2.45) is 5.41 Å². The number of aliphatic hydroxyl groups is 1. The molecule has 0 radical (unpaired) electrons. The van der Waals surface area contributed by atoms with Crippen LogP contribution >= 0.6 is 15.9 Å². The second-order valence-corrected chi connectivity index (χ2v) is 5.86. The third-order valence-electron chi connectivity index (χ3n) is 3.86. The van der Waals surface area contributed by atoms with Crippen LogP contribution < -0.4 is 0 Å². The SMILES string of the molecule is N#CC1(C(O)c2ccc(Br)o2)CCCCCCC1. The lowest BCUT2D eigenvalue weighted by Crippen LogP contribution is -2.28. The normalized spacial score (nSPS) is 21.6. The third-order valence-corrected chi connectivity index (χ3v) is 4.28. The van der Waals surface area contributed by atoms with Gasteiger partial charge in [0.25, 0.3) is 0 Å². The first-order chi connectivity index (χ1) is 8.68. The van der Waals surface area contributed by atoms with Gasteiger partial charge in [0, 0.05) is 0 Å². The topological polar surface area (TPSA) is 57.2 Å². The molecule has 1 atom stereocenters. The van der Waals surface area contributed by atoms with Crippen LogP contribution in [0.15, 0.2) is 21.2 Å². The number of rotatable bonds is 2. The van der Waals surface area contributed by atoms with Crippen molar-refractivity contribution in [1.82, 2.24) is 0 Å². The summed E-state index contributed by atoms with van der Waals surface area (Å²) < 4.78 is 6.01. The van der Waals surface area contributed by atoms with Crippen molar-refractivity contribution >= 4 is 15.9 Å². The Morgan fingerprint density at radius 3 is 2.33 bits per heavy atom. The van der Waals surface area contributed by atoms with Gasteiger partial charge in [0.15, 0.2) is 4.67 Å². The van der Waals surface area contributed by atoms with Gasteiger partial charge in [0.2, 0.25) is 0 Å². The lowest BCUT2D eigenvalue weighted by atomic mass is 9.72. The molecule has 4 heteroatoms. The molecule has 1 unspecified atom stereocenters. The van der Waals surface area contributed by atoms with Crippen LogP contribution in [-0.2, 0) is 0 Å². The quantitative estimate of drug-likeness (QED) is 0.884. The minimum atomic E-state index is -0.827. The van der Waals surface area contributed by atoms with Gasteiger partial charge in [-0.2, -0.15) is 5.26 Å². The number of nitrogens with zero attached hydrogens (tertiary/aromatic N) is 1. The van der Waals surface area contributed by atoms with Crippen molar-refractivity contribution in [2.75, 3.05) is 0 Å². The van der Waals surface area contributed by atoms with Gasteiger partial charge >= 0.3 is 0 Å². The van der Waals surface area contributed by atoms with Crippen LogP contribution in [0.5, 0.6) is 0 Å². The second-order valence-electron chi connectivity index (χ2n) is 5.08. The van der Waals surface area contributed by atoms with Crippen molar-refractivity contribution in [3.8, 4) is 6.07 Å².